The van der Waals surface area contributed by atoms with E-state index in [2.05, 4.69) is 27.4 Å². The molecule has 22 heavy (non-hydrogen) atoms. The van der Waals surface area contributed by atoms with Crippen molar-refractivity contribution in [2.45, 2.75) is 59.3 Å². The summed E-state index contributed by atoms with van der Waals surface area (Å²) in [4.78, 5) is 0. The fourth-order valence-corrected chi connectivity index (χ4v) is 3.83. The van der Waals surface area contributed by atoms with Gasteiger partial charge in [0.05, 0.1) is 0 Å². The molecular formula is C18H34O3Si. The Morgan fingerprint density at radius 1 is 0.727 bits per heavy atom. The zero-order valence-corrected chi connectivity index (χ0v) is 15.7. The second-order valence-electron chi connectivity index (χ2n) is 5.19. The number of hydrogen-bond donors (Lipinski definition) is 0. The van der Waals surface area contributed by atoms with Gasteiger partial charge in [-0.2, -0.15) is 0 Å². The van der Waals surface area contributed by atoms with E-state index in [1.54, 1.807) is 6.08 Å². The molecule has 0 aliphatic rings. The van der Waals surface area contributed by atoms with Crippen molar-refractivity contribution in [1.82, 2.24) is 0 Å². The normalized spacial score (nSPS) is 12.5. The predicted molar refractivity (Wildman–Crippen MR) is 96.8 cm³/mol. The summed E-state index contributed by atoms with van der Waals surface area (Å²) < 4.78 is 18.3. The molecule has 4 heteroatoms. The summed E-state index contributed by atoms with van der Waals surface area (Å²) in [7, 11) is -2.72. The van der Waals surface area contributed by atoms with Crippen molar-refractivity contribution in [2.75, 3.05) is 19.8 Å². The highest BCUT2D eigenvalue weighted by Crippen LogP contribution is 2.15. The first-order valence-corrected chi connectivity index (χ1v) is 10.4. The Labute approximate surface area is 138 Å². The summed E-state index contributed by atoms with van der Waals surface area (Å²) >= 11 is 0. The minimum Gasteiger partial charge on any atom is -0.370 e. The van der Waals surface area contributed by atoms with Gasteiger partial charge >= 0.3 is 8.80 Å². The lowest BCUT2D eigenvalue weighted by Crippen LogP contribution is -2.45. The summed E-state index contributed by atoms with van der Waals surface area (Å²) in [6, 6.07) is 0. The zero-order chi connectivity index (χ0) is 16.5. The van der Waals surface area contributed by atoms with Crippen molar-refractivity contribution in [1.29, 1.82) is 0 Å². The van der Waals surface area contributed by atoms with Gasteiger partial charge in [0.2, 0.25) is 0 Å². The van der Waals surface area contributed by atoms with Crippen LogP contribution in [0.4, 0.5) is 0 Å². The molecule has 0 aliphatic heterocycles. The van der Waals surface area contributed by atoms with Gasteiger partial charge < -0.3 is 13.3 Å². The lowest BCUT2D eigenvalue weighted by Gasteiger charge is -2.27. The summed E-state index contributed by atoms with van der Waals surface area (Å²) in [5.74, 6) is 0. The van der Waals surface area contributed by atoms with Crippen molar-refractivity contribution >= 4 is 8.80 Å². The maximum absolute atomic E-state index is 6.09. The first kappa shape index (κ1) is 21.3. The van der Waals surface area contributed by atoms with E-state index in [1.165, 1.54) is 0 Å². The lowest BCUT2D eigenvalue weighted by molar-refractivity contribution is 0.0685. The van der Waals surface area contributed by atoms with Crippen molar-refractivity contribution < 1.29 is 13.3 Å². The molecule has 0 heterocycles. The molecule has 128 valence electrons. The van der Waals surface area contributed by atoms with Crippen LogP contribution in [0.15, 0.2) is 36.6 Å². The predicted octanol–water partition coefficient (Wildman–Crippen LogP) is 5.21. The van der Waals surface area contributed by atoms with Gasteiger partial charge in [-0.05, 0) is 25.0 Å². The molecule has 0 saturated carbocycles. The van der Waals surface area contributed by atoms with Gasteiger partial charge in [-0.1, -0.05) is 70.9 Å². The third kappa shape index (κ3) is 11.0. The van der Waals surface area contributed by atoms with Gasteiger partial charge in [-0.15, -0.1) is 0 Å². The summed E-state index contributed by atoms with van der Waals surface area (Å²) in [5, 5.41) is 0. The van der Waals surface area contributed by atoms with Crippen molar-refractivity contribution in [3.8, 4) is 0 Å². The molecule has 0 aliphatic carbocycles. The van der Waals surface area contributed by atoms with Crippen LogP contribution in [-0.4, -0.2) is 28.6 Å². The van der Waals surface area contributed by atoms with E-state index in [1.807, 2.05) is 23.9 Å². The van der Waals surface area contributed by atoms with E-state index >= 15 is 0 Å². The molecule has 0 spiro atoms. The zero-order valence-electron chi connectivity index (χ0n) is 14.7. The smallest absolute Gasteiger partial charge is 0.370 e. The fraction of sp³-hybridized carbons (Fsp3) is 0.667. The molecule has 0 amide bonds. The van der Waals surface area contributed by atoms with Crippen molar-refractivity contribution in [3.05, 3.63) is 36.6 Å². The molecular weight excluding hydrogens is 292 g/mol. The molecule has 0 aromatic carbocycles. The fourth-order valence-electron chi connectivity index (χ4n) is 1.66. The van der Waals surface area contributed by atoms with Crippen LogP contribution < -0.4 is 0 Å². The van der Waals surface area contributed by atoms with Crippen molar-refractivity contribution in [3.63, 3.8) is 0 Å². The summed E-state index contributed by atoms with van der Waals surface area (Å²) in [6.45, 7) is 12.2. The van der Waals surface area contributed by atoms with Gasteiger partial charge in [0.15, 0.2) is 0 Å². The third-order valence-corrected chi connectivity index (χ3v) is 5.48. The van der Waals surface area contributed by atoms with Crippen molar-refractivity contribution in [2.24, 2.45) is 0 Å². The molecule has 0 N–H and O–H groups in total. The molecule has 0 aromatic rings. The molecule has 0 fully saturated rings. The Hall–Kier alpha value is -0.683. The highest BCUT2D eigenvalue weighted by atomic mass is 28.4. The molecule has 3 nitrogen and oxygen atoms in total. The Morgan fingerprint density at radius 3 is 1.55 bits per heavy atom. The molecule has 0 rings (SSSR count). The summed E-state index contributed by atoms with van der Waals surface area (Å²) in [5.41, 5.74) is 1.99. The third-order valence-electron chi connectivity index (χ3n) is 3.06. The lowest BCUT2D eigenvalue weighted by atomic mass is 10.4. The van der Waals surface area contributed by atoms with Crippen LogP contribution in [0, 0.1) is 0 Å². The highest BCUT2D eigenvalue weighted by molar-refractivity contribution is 6.66. The first-order chi connectivity index (χ1) is 10.7. The van der Waals surface area contributed by atoms with Gasteiger partial charge in [0.25, 0.3) is 0 Å². The Morgan fingerprint density at radius 2 is 1.18 bits per heavy atom. The standard InChI is InChI=1S/C18H34O3Si/c1-5-9-13-14-18-22(19-15-10-6-2,20-16-11-7-3)21-17-12-8-4/h5,9,13-14,18H,1,6-8,10-12,15-17H2,2-4H3/b13-9+,18-14+. The maximum atomic E-state index is 6.09. The van der Waals surface area contributed by atoms with Crippen LogP contribution in [0.5, 0.6) is 0 Å². The first-order valence-electron chi connectivity index (χ1n) is 8.63. The maximum Gasteiger partial charge on any atom is 0.529 e. The largest absolute Gasteiger partial charge is 0.529 e. The average Bonchev–Trinajstić information content (AvgIpc) is 2.52. The molecule has 0 aromatic heterocycles. The van der Waals surface area contributed by atoms with Crippen LogP contribution in [-0.2, 0) is 13.3 Å². The molecule has 0 bridgehead atoms. The van der Waals surface area contributed by atoms with Crippen LogP contribution in [0.2, 0.25) is 0 Å². The second-order valence-corrected chi connectivity index (χ2v) is 7.60. The van der Waals surface area contributed by atoms with Gasteiger partial charge in [0, 0.05) is 19.8 Å². The molecule has 0 saturated heterocycles. The van der Waals surface area contributed by atoms with Crippen LogP contribution in [0.1, 0.15) is 59.3 Å². The number of unbranched alkanes of at least 4 members (excludes halogenated alkanes) is 3. The van der Waals surface area contributed by atoms with E-state index in [0.717, 1.165) is 38.5 Å². The summed E-state index contributed by atoms with van der Waals surface area (Å²) in [6.07, 6.45) is 13.9. The minimum atomic E-state index is -2.72. The topological polar surface area (TPSA) is 27.7 Å². The SMILES string of the molecule is C=C/C=C/C=C/[Si](OCCCC)(OCCCC)OCCCC. The number of hydrogen-bond acceptors (Lipinski definition) is 3. The highest BCUT2D eigenvalue weighted by Gasteiger charge is 2.38. The Kier molecular flexibility index (Phi) is 14.7. The number of rotatable bonds is 15. The monoisotopic (exact) mass is 326 g/mol. The molecule has 0 atom stereocenters. The van der Waals surface area contributed by atoms with E-state index in [-0.39, 0.29) is 0 Å². The number of allylic oxidation sites excluding steroid dienone is 4. The second kappa shape index (κ2) is 15.2. The van der Waals surface area contributed by atoms with E-state index in [9.17, 15) is 0 Å². The molecule has 0 unspecified atom stereocenters. The van der Waals surface area contributed by atoms with E-state index in [4.69, 9.17) is 13.3 Å². The van der Waals surface area contributed by atoms with Crippen LogP contribution >= 0.6 is 0 Å². The molecule has 0 radical (unpaired) electrons. The van der Waals surface area contributed by atoms with E-state index < -0.39 is 8.80 Å². The average molecular weight is 327 g/mol. The van der Waals surface area contributed by atoms with Crippen LogP contribution in [0.25, 0.3) is 0 Å². The van der Waals surface area contributed by atoms with E-state index in [0.29, 0.717) is 19.8 Å². The van der Waals surface area contributed by atoms with Gasteiger partial charge in [0.1, 0.15) is 0 Å². The Bertz CT molecular complexity index is 287. The quantitative estimate of drug-likeness (QED) is 0.235. The minimum absolute atomic E-state index is 0.691. The van der Waals surface area contributed by atoms with Crippen LogP contribution in [0.3, 0.4) is 0 Å². The van der Waals surface area contributed by atoms with Gasteiger partial charge in [-0.3, -0.25) is 0 Å². The Balaban J connectivity index is 4.86. The van der Waals surface area contributed by atoms with Gasteiger partial charge in [-0.25, -0.2) is 0 Å².